The Morgan fingerprint density at radius 1 is 1.58 bits per heavy atom. The number of nitrogens with one attached hydrogen (secondary N) is 2. The first kappa shape index (κ1) is 13.8. The molecule has 1 amide bonds. The highest BCUT2D eigenvalue weighted by atomic mass is 19.1. The second-order valence-corrected chi connectivity index (χ2v) is 5.00. The van der Waals surface area contributed by atoms with Crippen LogP contribution in [0.5, 0.6) is 0 Å². The zero-order chi connectivity index (χ0) is 13.8. The molecular weight excluding hydrogens is 245 g/mol. The summed E-state index contributed by atoms with van der Waals surface area (Å²) >= 11 is 0. The molecule has 1 aromatic rings. The Morgan fingerprint density at radius 3 is 2.89 bits per heavy atom. The summed E-state index contributed by atoms with van der Waals surface area (Å²) in [6, 6.07) is 1.51. The summed E-state index contributed by atoms with van der Waals surface area (Å²) in [5.74, 6) is -0.283. The average molecular weight is 265 g/mol. The third kappa shape index (κ3) is 3.03. The van der Waals surface area contributed by atoms with Gasteiger partial charge in [-0.15, -0.1) is 0 Å². The van der Waals surface area contributed by atoms with Crippen LogP contribution in [0.25, 0.3) is 0 Å². The van der Waals surface area contributed by atoms with Crippen LogP contribution < -0.4 is 10.6 Å². The van der Waals surface area contributed by atoms with E-state index in [0.717, 1.165) is 12.8 Å². The summed E-state index contributed by atoms with van der Waals surface area (Å²) in [5, 5.41) is 5.68. The zero-order valence-electron chi connectivity index (χ0n) is 11.4. The number of anilines is 1. The van der Waals surface area contributed by atoms with Crippen LogP contribution in [0.15, 0.2) is 12.3 Å². The maximum Gasteiger partial charge on any atom is 0.254 e. The lowest BCUT2D eigenvalue weighted by Crippen LogP contribution is -2.41. The number of nitrogens with zero attached hydrogens (tertiary/aromatic N) is 1. The SMILES string of the molecule is CCNc1nccc(C(=O)NC(C)C2CCC2)c1F. The first-order valence-electron chi connectivity index (χ1n) is 6.82. The molecule has 0 saturated heterocycles. The van der Waals surface area contributed by atoms with Crippen molar-refractivity contribution in [1.29, 1.82) is 0 Å². The Labute approximate surface area is 112 Å². The summed E-state index contributed by atoms with van der Waals surface area (Å²) in [5.41, 5.74) is 0.0529. The fourth-order valence-corrected chi connectivity index (χ4v) is 2.25. The molecule has 5 heteroatoms. The van der Waals surface area contributed by atoms with Crippen LogP contribution in [0.2, 0.25) is 0 Å². The van der Waals surface area contributed by atoms with Gasteiger partial charge < -0.3 is 10.6 Å². The van der Waals surface area contributed by atoms with Crippen LogP contribution in [0.1, 0.15) is 43.5 Å². The molecule has 2 rings (SSSR count). The van der Waals surface area contributed by atoms with Crippen molar-refractivity contribution in [2.45, 2.75) is 39.2 Å². The minimum atomic E-state index is -0.581. The van der Waals surface area contributed by atoms with E-state index in [2.05, 4.69) is 15.6 Å². The molecule has 0 aromatic carbocycles. The van der Waals surface area contributed by atoms with Gasteiger partial charge in [-0.2, -0.15) is 0 Å². The number of halogens is 1. The van der Waals surface area contributed by atoms with Crippen molar-refractivity contribution in [2.75, 3.05) is 11.9 Å². The van der Waals surface area contributed by atoms with Gasteiger partial charge >= 0.3 is 0 Å². The zero-order valence-corrected chi connectivity index (χ0v) is 11.4. The van der Waals surface area contributed by atoms with Gasteiger partial charge in [0, 0.05) is 18.8 Å². The number of hydrogen-bond acceptors (Lipinski definition) is 3. The van der Waals surface area contributed by atoms with Gasteiger partial charge in [0.15, 0.2) is 11.6 Å². The monoisotopic (exact) mass is 265 g/mol. The fourth-order valence-electron chi connectivity index (χ4n) is 2.25. The standard InChI is InChI=1S/C14H20FN3O/c1-3-16-13-12(15)11(7-8-17-13)14(19)18-9(2)10-5-4-6-10/h7-10H,3-6H2,1-2H3,(H,16,17)(H,18,19). The molecule has 1 aliphatic rings. The van der Waals surface area contributed by atoms with E-state index in [9.17, 15) is 9.18 Å². The molecule has 1 fully saturated rings. The Morgan fingerprint density at radius 2 is 2.32 bits per heavy atom. The molecule has 1 aliphatic carbocycles. The van der Waals surface area contributed by atoms with Crippen LogP contribution in [-0.4, -0.2) is 23.5 Å². The summed E-state index contributed by atoms with van der Waals surface area (Å²) < 4.78 is 14.1. The predicted octanol–water partition coefficient (Wildman–Crippen LogP) is 2.57. The number of pyridine rings is 1. The van der Waals surface area contributed by atoms with Gasteiger partial charge in [-0.05, 0) is 38.7 Å². The molecule has 1 saturated carbocycles. The lowest BCUT2D eigenvalue weighted by molar-refractivity contribution is 0.0905. The molecule has 4 nitrogen and oxygen atoms in total. The van der Waals surface area contributed by atoms with Gasteiger partial charge in [0.25, 0.3) is 5.91 Å². The molecule has 1 aromatic heterocycles. The van der Waals surface area contributed by atoms with Gasteiger partial charge in [0.05, 0.1) is 5.56 Å². The molecule has 1 atom stereocenters. The van der Waals surface area contributed by atoms with Crippen molar-refractivity contribution >= 4 is 11.7 Å². The molecule has 1 unspecified atom stereocenters. The topological polar surface area (TPSA) is 54.0 Å². The molecule has 104 valence electrons. The van der Waals surface area contributed by atoms with E-state index >= 15 is 0 Å². The number of aromatic nitrogens is 1. The van der Waals surface area contributed by atoms with E-state index < -0.39 is 5.82 Å². The molecular formula is C14H20FN3O. The smallest absolute Gasteiger partial charge is 0.254 e. The van der Waals surface area contributed by atoms with Crippen molar-refractivity contribution in [1.82, 2.24) is 10.3 Å². The van der Waals surface area contributed by atoms with Crippen molar-refractivity contribution in [3.8, 4) is 0 Å². The van der Waals surface area contributed by atoms with Crippen LogP contribution in [0.3, 0.4) is 0 Å². The second-order valence-electron chi connectivity index (χ2n) is 5.00. The quantitative estimate of drug-likeness (QED) is 0.860. The maximum absolute atomic E-state index is 14.1. The summed E-state index contributed by atoms with van der Waals surface area (Å²) in [4.78, 5) is 16.0. The minimum absolute atomic E-state index is 0.0529. The largest absolute Gasteiger partial charge is 0.368 e. The molecule has 1 heterocycles. The highest BCUT2D eigenvalue weighted by Crippen LogP contribution is 2.29. The Hall–Kier alpha value is -1.65. The van der Waals surface area contributed by atoms with Crippen LogP contribution in [0, 0.1) is 11.7 Å². The van der Waals surface area contributed by atoms with E-state index in [-0.39, 0.29) is 23.3 Å². The molecule has 0 aliphatic heterocycles. The minimum Gasteiger partial charge on any atom is -0.368 e. The van der Waals surface area contributed by atoms with Crippen LogP contribution in [-0.2, 0) is 0 Å². The molecule has 0 bridgehead atoms. The maximum atomic E-state index is 14.1. The molecule has 2 N–H and O–H groups in total. The molecule has 0 radical (unpaired) electrons. The third-order valence-corrected chi connectivity index (χ3v) is 3.69. The van der Waals surface area contributed by atoms with Crippen molar-refractivity contribution in [3.05, 3.63) is 23.6 Å². The Balaban J connectivity index is 2.07. The van der Waals surface area contributed by atoms with E-state index in [0.29, 0.717) is 12.5 Å². The summed E-state index contributed by atoms with van der Waals surface area (Å²) in [7, 11) is 0. The predicted molar refractivity (Wildman–Crippen MR) is 72.6 cm³/mol. The van der Waals surface area contributed by atoms with Gasteiger partial charge in [0.2, 0.25) is 0 Å². The highest BCUT2D eigenvalue weighted by Gasteiger charge is 2.26. The van der Waals surface area contributed by atoms with Gasteiger partial charge in [-0.25, -0.2) is 9.37 Å². The van der Waals surface area contributed by atoms with E-state index in [1.54, 1.807) is 0 Å². The van der Waals surface area contributed by atoms with E-state index in [4.69, 9.17) is 0 Å². The van der Waals surface area contributed by atoms with Gasteiger partial charge in [-0.3, -0.25) is 4.79 Å². The normalized spacial score (nSPS) is 16.6. The number of rotatable bonds is 5. The lowest BCUT2D eigenvalue weighted by atomic mass is 9.80. The van der Waals surface area contributed by atoms with Crippen LogP contribution in [0.4, 0.5) is 10.2 Å². The van der Waals surface area contributed by atoms with E-state index in [1.165, 1.54) is 18.7 Å². The number of hydrogen-bond donors (Lipinski definition) is 2. The van der Waals surface area contributed by atoms with Gasteiger partial charge in [0.1, 0.15) is 0 Å². The average Bonchev–Trinajstić information content (AvgIpc) is 2.29. The first-order chi connectivity index (χ1) is 9.13. The van der Waals surface area contributed by atoms with Crippen molar-refractivity contribution in [3.63, 3.8) is 0 Å². The summed E-state index contributed by atoms with van der Waals surface area (Å²) in [6.45, 7) is 4.39. The number of amides is 1. The Bertz CT molecular complexity index is 460. The summed E-state index contributed by atoms with van der Waals surface area (Å²) in [6.07, 6.45) is 4.95. The van der Waals surface area contributed by atoms with Crippen molar-refractivity contribution in [2.24, 2.45) is 5.92 Å². The first-order valence-corrected chi connectivity index (χ1v) is 6.82. The lowest BCUT2D eigenvalue weighted by Gasteiger charge is -2.31. The number of carbonyl (C=O) groups is 1. The highest BCUT2D eigenvalue weighted by molar-refractivity contribution is 5.95. The number of carbonyl (C=O) groups excluding carboxylic acids is 1. The van der Waals surface area contributed by atoms with Gasteiger partial charge in [-0.1, -0.05) is 6.42 Å². The van der Waals surface area contributed by atoms with E-state index in [1.807, 2.05) is 13.8 Å². The fraction of sp³-hybridized carbons (Fsp3) is 0.571. The Kier molecular flexibility index (Phi) is 4.35. The third-order valence-electron chi connectivity index (χ3n) is 3.69. The van der Waals surface area contributed by atoms with Crippen molar-refractivity contribution < 1.29 is 9.18 Å². The van der Waals surface area contributed by atoms with Crippen LogP contribution >= 0.6 is 0 Å². The molecule has 0 spiro atoms. The molecule has 19 heavy (non-hydrogen) atoms. The second kappa shape index (κ2) is 5.99.